The molecule has 0 aromatic carbocycles. The molecular formula is C11H26O12P2. The molecule has 0 saturated heterocycles. The Kier molecular flexibility index (Phi) is 11.1. The normalized spacial score (nSPS) is 16.0. The van der Waals surface area contributed by atoms with Gasteiger partial charge in [-0.25, -0.2) is 9.13 Å². The Morgan fingerprint density at radius 1 is 0.760 bits per heavy atom. The zero-order valence-corrected chi connectivity index (χ0v) is 15.7. The third-order valence-corrected chi connectivity index (χ3v) is 3.45. The second-order valence-electron chi connectivity index (χ2n) is 6.07. The fourth-order valence-corrected chi connectivity index (χ4v) is 2.18. The molecule has 0 amide bonds. The minimum absolute atomic E-state index is 0.134. The highest BCUT2D eigenvalue weighted by Gasteiger charge is 2.22. The van der Waals surface area contributed by atoms with Crippen molar-refractivity contribution < 1.29 is 57.4 Å². The Bertz CT molecular complexity index is 418. The van der Waals surface area contributed by atoms with Crippen LogP contribution in [0.3, 0.4) is 0 Å². The van der Waals surface area contributed by atoms with E-state index in [9.17, 15) is 19.3 Å². The van der Waals surface area contributed by atoms with Gasteiger partial charge in [-0.05, 0) is 0 Å². The third-order valence-electron chi connectivity index (χ3n) is 2.48. The molecule has 6 N–H and O–H groups in total. The van der Waals surface area contributed by atoms with Crippen LogP contribution in [0.5, 0.6) is 0 Å². The van der Waals surface area contributed by atoms with E-state index in [-0.39, 0.29) is 26.4 Å². The van der Waals surface area contributed by atoms with Gasteiger partial charge >= 0.3 is 15.6 Å². The molecule has 0 aliphatic carbocycles. The number of hydrogen-bond donors (Lipinski definition) is 6. The number of aliphatic hydroxyl groups excluding tert-OH is 2. The quantitative estimate of drug-likeness (QED) is 0.191. The van der Waals surface area contributed by atoms with E-state index in [0.29, 0.717) is 0 Å². The van der Waals surface area contributed by atoms with Crippen LogP contribution in [0, 0.1) is 5.41 Å². The van der Waals surface area contributed by atoms with Gasteiger partial charge in [-0.15, -0.1) is 0 Å². The van der Waals surface area contributed by atoms with Crippen molar-refractivity contribution in [2.45, 2.75) is 26.1 Å². The molecule has 2 atom stereocenters. The summed E-state index contributed by atoms with van der Waals surface area (Å²) in [7, 11) is -9.29. The van der Waals surface area contributed by atoms with Crippen molar-refractivity contribution in [3.8, 4) is 0 Å². The zero-order valence-electron chi connectivity index (χ0n) is 13.9. The van der Waals surface area contributed by atoms with Gasteiger partial charge in [0.2, 0.25) is 0 Å². The number of rotatable bonds is 14. The molecule has 0 heterocycles. The van der Waals surface area contributed by atoms with Crippen LogP contribution in [0.2, 0.25) is 0 Å². The Morgan fingerprint density at radius 3 is 1.36 bits per heavy atom. The minimum Gasteiger partial charge on any atom is -0.388 e. The number of aliphatic hydroxyl groups is 2. The standard InChI is InChI=1S/C11H26O12P2/c1-11(2,7-20-3-9(12)5-22-24(14,15)16)8-21-4-10(13)6-23-25(17,18)19/h9-10,12-13H,3-8H2,1-2H3,(H2,14,15,16)(H2,17,18,19). The third kappa shape index (κ3) is 17.2. The van der Waals surface area contributed by atoms with Gasteiger partial charge in [0.15, 0.2) is 0 Å². The molecule has 0 aliphatic rings. The Morgan fingerprint density at radius 2 is 1.08 bits per heavy atom. The van der Waals surface area contributed by atoms with Crippen molar-refractivity contribution in [2.24, 2.45) is 5.41 Å². The summed E-state index contributed by atoms with van der Waals surface area (Å²) in [5.41, 5.74) is -0.520. The van der Waals surface area contributed by atoms with E-state index in [1.165, 1.54) is 0 Å². The van der Waals surface area contributed by atoms with Crippen molar-refractivity contribution in [3.63, 3.8) is 0 Å². The van der Waals surface area contributed by atoms with E-state index in [1.54, 1.807) is 13.8 Å². The molecule has 0 spiro atoms. The molecule has 0 aliphatic heterocycles. The smallest absolute Gasteiger partial charge is 0.388 e. The summed E-state index contributed by atoms with van der Waals surface area (Å²) in [5, 5.41) is 18.9. The molecule has 14 heteroatoms. The molecule has 0 radical (unpaired) electrons. The summed E-state index contributed by atoms with van der Waals surface area (Å²) in [6.07, 6.45) is -2.42. The topological polar surface area (TPSA) is 192 Å². The highest BCUT2D eigenvalue weighted by molar-refractivity contribution is 7.46. The molecule has 0 fully saturated rings. The number of phosphoric acid groups is 2. The van der Waals surface area contributed by atoms with Gasteiger partial charge in [-0.2, -0.15) is 0 Å². The average Bonchev–Trinajstić information content (AvgIpc) is 2.41. The monoisotopic (exact) mass is 412 g/mol. The Labute approximate surface area is 145 Å². The number of phosphoric ester groups is 2. The lowest BCUT2D eigenvalue weighted by Crippen LogP contribution is -2.31. The van der Waals surface area contributed by atoms with Crippen molar-refractivity contribution in [3.05, 3.63) is 0 Å². The summed E-state index contributed by atoms with van der Waals surface area (Å²) in [5.74, 6) is 0. The van der Waals surface area contributed by atoms with E-state index in [1.807, 2.05) is 0 Å². The van der Waals surface area contributed by atoms with Gasteiger partial charge in [-0.3, -0.25) is 9.05 Å². The number of ether oxygens (including phenoxy) is 2. The van der Waals surface area contributed by atoms with Crippen molar-refractivity contribution >= 4 is 15.6 Å². The maximum Gasteiger partial charge on any atom is 0.469 e. The maximum absolute atomic E-state index is 10.5. The van der Waals surface area contributed by atoms with E-state index in [2.05, 4.69) is 9.05 Å². The van der Waals surface area contributed by atoms with Gasteiger partial charge in [0.25, 0.3) is 0 Å². The highest BCUT2D eigenvalue weighted by atomic mass is 31.2. The summed E-state index contributed by atoms with van der Waals surface area (Å²) >= 11 is 0. The van der Waals surface area contributed by atoms with E-state index < -0.39 is 46.5 Å². The molecule has 0 bridgehead atoms. The first kappa shape index (κ1) is 25.1. The predicted octanol–water partition coefficient (Wildman–Crippen LogP) is -1.01. The zero-order chi connectivity index (χ0) is 19.7. The molecule has 0 saturated carbocycles. The lowest BCUT2D eigenvalue weighted by Gasteiger charge is -2.25. The van der Waals surface area contributed by atoms with E-state index >= 15 is 0 Å². The van der Waals surface area contributed by atoms with Crippen LogP contribution < -0.4 is 0 Å². The van der Waals surface area contributed by atoms with Gasteiger partial charge < -0.3 is 39.3 Å². The van der Waals surface area contributed by atoms with Gasteiger partial charge in [0.05, 0.1) is 39.6 Å². The van der Waals surface area contributed by atoms with Crippen LogP contribution in [0.25, 0.3) is 0 Å². The first-order valence-electron chi connectivity index (χ1n) is 7.12. The lowest BCUT2D eigenvalue weighted by atomic mass is 9.96. The molecular weight excluding hydrogens is 386 g/mol. The minimum atomic E-state index is -4.64. The summed E-state index contributed by atoms with van der Waals surface area (Å²) in [6, 6.07) is 0. The van der Waals surface area contributed by atoms with Crippen LogP contribution in [0.4, 0.5) is 0 Å². The SMILES string of the molecule is CC(C)(COCC(O)COP(=O)(O)O)COCC(O)COP(=O)(O)O. The molecule has 152 valence electrons. The Hall–Kier alpha value is 0.0600. The fourth-order valence-electron chi connectivity index (χ4n) is 1.45. The maximum atomic E-state index is 10.5. The second-order valence-corrected chi connectivity index (χ2v) is 8.55. The molecule has 2 unspecified atom stereocenters. The van der Waals surface area contributed by atoms with Gasteiger partial charge in [0.1, 0.15) is 12.2 Å². The summed E-state index contributed by atoms with van der Waals surface area (Å²) < 4.78 is 39.7. The van der Waals surface area contributed by atoms with Crippen molar-refractivity contribution in [1.29, 1.82) is 0 Å². The Balaban J connectivity index is 3.90. The lowest BCUT2D eigenvalue weighted by molar-refractivity contribution is -0.0573. The molecule has 25 heavy (non-hydrogen) atoms. The van der Waals surface area contributed by atoms with E-state index in [0.717, 1.165) is 0 Å². The van der Waals surface area contributed by atoms with Crippen molar-refractivity contribution in [1.82, 2.24) is 0 Å². The average molecular weight is 412 g/mol. The highest BCUT2D eigenvalue weighted by Crippen LogP contribution is 2.36. The van der Waals surface area contributed by atoms with Crippen LogP contribution in [0.15, 0.2) is 0 Å². The molecule has 0 aromatic heterocycles. The van der Waals surface area contributed by atoms with Crippen molar-refractivity contribution in [2.75, 3.05) is 39.6 Å². The molecule has 12 nitrogen and oxygen atoms in total. The first-order chi connectivity index (χ1) is 11.2. The van der Waals surface area contributed by atoms with Gasteiger partial charge in [0, 0.05) is 5.41 Å². The van der Waals surface area contributed by atoms with Crippen LogP contribution in [-0.4, -0.2) is 81.6 Å². The fraction of sp³-hybridized carbons (Fsp3) is 1.00. The molecule has 0 aromatic rings. The molecule has 0 rings (SSSR count). The first-order valence-corrected chi connectivity index (χ1v) is 10.2. The largest absolute Gasteiger partial charge is 0.469 e. The predicted molar refractivity (Wildman–Crippen MR) is 83.4 cm³/mol. The van der Waals surface area contributed by atoms with Gasteiger partial charge in [-0.1, -0.05) is 13.8 Å². The van der Waals surface area contributed by atoms with Crippen LogP contribution in [0.1, 0.15) is 13.8 Å². The van der Waals surface area contributed by atoms with Crippen LogP contribution in [-0.2, 0) is 27.7 Å². The number of hydrogen-bond acceptors (Lipinski definition) is 8. The van der Waals surface area contributed by atoms with E-state index in [4.69, 9.17) is 29.0 Å². The van der Waals surface area contributed by atoms with Crippen LogP contribution >= 0.6 is 15.6 Å². The summed E-state index contributed by atoms with van der Waals surface area (Å²) in [4.78, 5) is 34.0. The summed E-state index contributed by atoms with van der Waals surface area (Å²) in [6.45, 7) is 2.24. The second kappa shape index (κ2) is 11.0.